The average Bonchev–Trinajstić information content (AvgIpc) is 3.16. The number of amides is 1. The van der Waals surface area contributed by atoms with E-state index in [1.807, 2.05) is 35.2 Å². The maximum atomic E-state index is 13.3. The maximum Gasteiger partial charge on any atom is 0.330 e. The summed E-state index contributed by atoms with van der Waals surface area (Å²) in [6.07, 6.45) is 11.8. The molecule has 0 radical (unpaired) electrons. The zero-order valence-corrected chi connectivity index (χ0v) is 20.5. The van der Waals surface area contributed by atoms with Crippen LogP contribution in [0.2, 0.25) is 0 Å². The van der Waals surface area contributed by atoms with Gasteiger partial charge in [0.2, 0.25) is 5.91 Å². The van der Waals surface area contributed by atoms with E-state index in [4.69, 9.17) is 5.73 Å². The van der Waals surface area contributed by atoms with Crippen LogP contribution in [0.15, 0.2) is 51.6 Å². The van der Waals surface area contributed by atoms with Crippen molar-refractivity contribution in [1.82, 2.24) is 14.5 Å². The molecule has 1 aromatic heterocycles. The van der Waals surface area contributed by atoms with Crippen molar-refractivity contribution in [2.45, 2.75) is 64.3 Å². The molecule has 188 valence electrons. The zero-order chi connectivity index (χ0) is 24.6. The molecule has 1 amide bonds. The Morgan fingerprint density at radius 3 is 2.43 bits per heavy atom. The minimum Gasteiger partial charge on any atom is -0.383 e. The Hall–Kier alpha value is -3.29. The fourth-order valence-electron chi connectivity index (χ4n) is 5.07. The van der Waals surface area contributed by atoms with Crippen LogP contribution in [-0.2, 0) is 11.3 Å². The van der Waals surface area contributed by atoms with Crippen LogP contribution < -0.4 is 21.9 Å². The number of nitrogens with one attached hydrogen (secondary N) is 1. The summed E-state index contributed by atoms with van der Waals surface area (Å²) in [6, 6.07) is 9.52. The molecule has 2 aromatic rings. The SMILES string of the molecule is Nc1c(N(CCC2=CCCCC2)CC(=O)N2CCCCCC2)c(=O)[nH]c(=O)n1Cc1ccccc1. The number of benzene rings is 1. The molecule has 0 atom stereocenters. The van der Waals surface area contributed by atoms with Crippen molar-refractivity contribution < 1.29 is 4.79 Å². The molecule has 0 spiro atoms. The Kier molecular flexibility index (Phi) is 8.45. The second-order valence-electron chi connectivity index (χ2n) is 9.64. The fraction of sp³-hybridized carbons (Fsp3) is 0.519. The molecule has 0 saturated carbocycles. The van der Waals surface area contributed by atoms with Gasteiger partial charge in [-0.05, 0) is 50.5 Å². The number of allylic oxidation sites excluding steroid dienone is 1. The van der Waals surface area contributed by atoms with Crippen molar-refractivity contribution in [3.8, 4) is 0 Å². The Morgan fingerprint density at radius 1 is 1.00 bits per heavy atom. The maximum absolute atomic E-state index is 13.3. The van der Waals surface area contributed by atoms with E-state index in [9.17, 15) is 14.4 Å². The first-order valence-electron chi connectivity index (χ1n) is 12.9. The molecule has 8 nitrogen and oxygen atoms in total. The van der Waals surface area contributed by atoms with Crippen LogP contribution in [0.3, 0.4) is 0 Å². The van der Waals surface area contributed by atoms with Gasteiger partial charge in [0.1, 0.15) is 11.5 Å². The molecule has 1 fully saturated rings. The Bertz CT molecular complexity index is 1140. The third-order valence-corrected chi connectivity index (χ3v) is 7.09. The Labute approximate surface area is 206 Å². The molecule has 4 rings (SSSR count). The number of nitrogen functional groups attached to an aromatic ring is 1. The van der Waals surface area contributed by atoms with E-state index in [0.29, 0.717) is 6.54 Å². The lowest BCUT2D eigenvalue weighted by Crippen LogP contribution is -2.45. The van der Waals surface area contributed by atoms with Gasteiger partial charge >= 0.3 is 5.69 Å². The van der Waals surface area contributed by atoms with Gasteiger partial charge in [-0.25, -0.2) is 4.79 Å². The number of aromatic amines is 1. The summed E-state index contributed by atoms with van der Waals surface area (Å²) in [5.41, 5.74) is 7.86. The van der Waals surface area contributed by atoms with Crippen molar-refractivity contribution in [3.63, 3.8) is 0 Å². The summed E-state index contributed by atoms with van der Waals surface area (Å²) in [6.45, 7) is 2.31. The van der Waals surface area contributed by atoms with Crippen LogP contribution in [0.1, 0.15) is 63.4 Å². The molecule has 0 bridgehead atoms. The van der Waals surface area contributed by atoms with E-state index in [2.05, 4.69) is 11.1 Å². The lowest BCUT2D eigenvalue weighted by molar-refractivity contribution is -0.129. The molecule has 1 aromatic carbocycles. The normalized spacial score (nSPS) is 16.5. The summed E-state index contributed by atoms with van der Waals surface area (Å²) >= 11 is 0. The monoisotopic (exact) mass is 479 g/mol. The lowest BCUT2D eigenvalue weighted by Gasteiger charge is -2.29. The highest BCUT2D eigenvalue weighted by molar-refractivity contribution is 5.82. The minimum atomic E-state index is -0.547. The van der Waals surface area contributed by atoms with E-state index in [1.54, 1.807) is 4.90 Å². The first-order chi connectivity index (χ1) is 17.0. The number of carbonyl (C=O) groups excluding carboxylic acids is 1. The van der Waals surface area contributed by atoms with Gasteiger partial charge < -0.3 is 15.5 Å². The highest BCUT2D eigenvalue weighted by Crippen LogP contribution is 2.24. The summed E-state index contributed by atoms with van der Waals surface area (Å²) in [4.78, 5) is 45.2. The number of nitrogens with zero attached hydrogens (tertiary/aromatic N) is 3. The van der Waals surface area contributed by atoms with Crippen LogP contribution in [0, 0.1) is 0 Å². The molecule has 0 unspecified atom stereocenters. The third kappa shape index (κ3) is 6.44. The molecule has 1 aliphatic carbocycles. The number of anilines is 2. The van der Waals surface area contributed by atoms with Gasteiger partial charge in [0.25, 0.3) is 5.56 Å². The number of rotatable bonds is 8. The molecule has 2 heterocycles. The smallest absolute Gasteiger partial charge is 0.330 e. The van der Waals surface area contributed by atoms with Gasteiger partial charge in [-0.15, -0.1) is 0 Å². The van der Waals surface area contributed by atoms with E-state index in [0.717, 1.165) is 63.6 Å². The average molecular weight is 480 g/mol. The van der Waals surface area contributed by atoms with E-state index in [1.165, 1.54) is 23.0 Å². The number of hydrogen-bond donors (Lipinski definition) is 2. The topological polar surface area (TPSA) is 104 Å². The molecular weight excluding hydrogens is 442 g/mol. The molecule has 3 N–H and O–H groups in total. The third-order valence-electron chi connectivity index (χ3n) is 7.09. The quantitative estimate of drug-likeness (QED) is 0.566. The van der Waals surface area contributed by atoms with Gasteiger partial charge in [-0.2, -0.15) is 0 Å². The van der Waals surface area contributed by atoms with Gasteiger partial charge in [0.15, 0.2) is 0 Å². The highest BCUT2D eigenvalue weighted by Gasteiger charge is 2.24. The van der Waals surface area contributed by atoms with Gasteiger partial charge in [-0.3, -0.25) is 19.1 Å². The lowest BCUT2D eigenvalue weighted by atomic mass is 9.97. The summed E-state index contributed by atoms with van der Waals surface area (Å²) in [5.74, 6) is 0.105. The summed E-state index contributed by atoms with van der Waals surface area (Å²) < 4.78 is 1.38. The van der Waals surface area contributed by atoms with Crippen LogP contribution >= 0.6 is 0 Å². The molecule has 35 heavy (non-hydrogen) atoms. The standard InChI is InChI=1S/C27H37N5O3/c28-25-24(26(34)29-27(35)32(25)19-22-13-7-4-8-14-22)31(18-15-21-11-5-3-6-12-21)20-23(33)30-16-9-1-2-10-17-30/h4,7-8,11,13-14H,1-3,5-6,9-10,12,15-20,28H2,(H,29,34,35). The minimum absolute atomic E-state index is 0.00383. The number of carbonyl (C=O) groups is 1. The fourth-order valence-corrected chi connectivity index (χ4v) is 5.07. The van der Waals surface area contributed by atoms with Crippen LogP contribution in [-0.4, -0.2) is 46.5 Å². The van der Waals surface area contributed by atoms with E-state index in [-0.39, 0.29) is 30.5 Å². The second kappa shape index (κ2) is 11.9. The zero-order valence-electron chi connectivity index (χ0n) is 20.5. The molecule has 2 aliphatic rings. The van der Waals surface area contributed by atoms with Crippen molar-refractivity contribution in [2.75, 3.05) is 36.8 Å². The number of H-pyrrole nitrogens is 1. The van der Waals surface area contributed by atoms with Crippen molar-refractivity contribution in [3.05, 3.63) is 68.4 Å². The van der Waals surface area contributed by atoms with Gasteiger partial charge in [0.05, 0.1) is 13.1 Å². The summed E-state index contributed by atoms with van der Waals surface area (Å²) in [5, 5.41) is 0. The Morgan fingerprint density at radius 2 is 1.74 bits per heavy atom. The van der Waals surface area contributed by atoms with Crippen LogP contribution in [0.5, 0.6) is 0 Å². The first kappa shape index (κ1) is 24.8. The predicted octanol–water partition coefficient (Wildman–Crippen LogP) is 3.27. The van der Waals surface area contributed by atoms with Crippen molar-refractivity contribution in [1.29, 1.82) is 0 Å². The van der Waals surface area contributed by atoms with Crippen LogP contribution in [0.25, 0.3) is 0 Å². The van der Waals surface area contributed by atoms with E-state index < -0.39 is 11.2 Å². The largest absolute Gasteiger partial charge is 0.383 e. The Balaban J connectivity index is 1.64. The van der Waals surface area contributed by atoms with Gasteiger partial charge in [-0.1, -0.05) is 54.8 Å². The van der Waals surface area contributed by atoms with E-state index >= 15 is 0 Å². The molecule has 1 saturated heterocycles. The molecule has 8 heteroatoms. The number of nitrogens with two attached hydrogens (primary N) is 1. The van der Waals surface area contributed by atoms with Gasteiger partial charge in [0, 0.05) is 19.6 Å². The molecule has 1 aliphatic heterocycles. The summed E-state index contributed by atoms with van der Waals surface area (Å²) in [7, 11) is 0. The number of aromatic nitrogens is 2. The van der Waals surface area contributed by atoms with Crippen LogP contribution in [0.4, 0.5) is 11.5 Å². The molecular formula is C27H37N5O3. The number of likely N-dealkylation sites (tertiary alicyclic amines) is 1. The first-order valence-corrected chi connectivity index (χ1v) is 12.9. The second-order valence-corrected chi connectivity index (χ2v) is 9.64. The predicted molar refractivity (Wildman–Crippen MR) is 140 cm³/mol. The number of hydrogen-bond acceptors (Lipinski definition) is 5. The van der Waals surface area contributed by atoms with Crippen molar-refractivity contribution in [2.24, 2.45) is 0 Å². The highest BCUT2D eigenvalue weighted by atomic mass is 16.2. The van der Waals surface area contributed by atoms with Crippen molar-refractivity contribution >= 4 is 17.4 Å².